The van der Waals surface area contributed by atoms with Crippen molar-refractivity contribution in [3.63, 3.8) is 0 Å². The Morgan fingerprint density at radius 1 is 1.29 bits per heavy atom. The molecule has 0 saturated carbocycles. The number of sulfone groups is 1. The fourth-order valence-electron chi connectivity index (χ4n) is 1.49. The smallest absolute Gasteiger partial charge is 0.243 e. The third-order valence-electron chi connectivity index (χ3n) is 2.80. The lowest BCUT2D eigenvalue weighted by molar-refractivity contribution is 0.485. The van der Waals surface area contributed by atoms with Crippen LogP contribution in [0, 0.1) is 0 Å². The average Bonchev–Trinajstić information content (AvgIpc) is 2.81. The second-order valence-corrected chi connectivity index (χ2v) is 10.5. The SMILES string of the molecule is CC(C)NCc1cc(S(=O)(=O)N(C)CCS(C)(=O)=O)cs1. The normalized spacial score (nSPS) is 13.2. The van der Waals surface area contributed by atoms with Gasteiger partial charge in [0.1, 0.15) is 9.84 Å². The summed E-state index contributed by atoms with van der Waals surface area (Å²) >= 11 is 1.37. The number of thiophene rings is 1. The zero-order valence-electron chi connectivity index (χ0n) is 12.7. The van der Waals surface area contributed by atoms with Crippen LogP contribution < -0.4 is 5.32 Å². The molecule has 1 heterocycles. The second-order valence-electron chi connectivity index (χ2n) is 5.24. The van der Waals surface area contributed by atoms with Gasteiger partial charge in [0, 0.05) is 42.7 Å². The molecule has 0 fully saturated rings. The summed E-state index contributed by atoms with van der Waals surface area (Å²) in [5, 5.41) is 4.81. The number of hydrogen-bond donors (Lipinski definition) is 1. The molecule has 9 heteroatoms. The van der Waals surface area contributed by atoms with Crippen LogP contribution in [0.25, 0.3) is 0 Å². The Hall–Kier alpha value is -0.480. The molecule has 0 radical (unpaired) electrons. The first-order chi connectivity index (χ1) is 9.52. The van der Waals surface area contributed by atoms with E-state index in [-0.39, 0.29) is 17.2 Å². The largest absolute Gasteiger partial charge is 0.310 e. The van der Waals surface area contributed by atoms with E-state index < -0.39 is 19.9 Å². The minimum atomic E-state index is -3.63. The summed E-state index contributed by atoms with van der Waals surface area (Å²) in [5.41, 5.74) is 0. The number of nitrogens with one attached hydrogen (secondary N) is 1. The Morgan fingerprint density at radius 3 is 2.43 bits per heavy atom. The first-order valence-electron chi connectivity index (χ1n) is 6.47. The molecule has 0 aliphatic rings. The van der Waals surface area contributed by atoms with E-state index in [4.69, 9.17) is 0 Å². The van der Waals surface area contributed by atoms with Gasteiger partial charge >= 0.3 is 0 Å². The summed E-state index contributed by atoms with van der Waals surface area (Å²) in [4.78, 5) is 1.14. The zero-order chi connectivity index (χ0) is 16.3. The molecule has 1 N–H and O–H groups in total. The van der Waals surface area contributed by atoms with Crippen LogP contribution in [0.5, 0.6) is 0 Å². The molecule has 0 aliphatic heterocycles. The van der Waals surface area contributed by atoms with Gasteiger partial charge in [-0.3, -0.25) is 0 Å². The molecule has 0 bridgehead atoms. The van der Waals surface area contributed by atoms with Gasteiger partial charge in [-0.05, 0) is 6.07 Å². The fourth-order valence-corrected chi connectivity index (χ4v) is 4.59. The Labute approximate surface area is 131 Å². The molecular formula is C12H22N2O4S3. The minimum absolute atomic E-state index is 0.0450. The Bertz CT molecular complexity index is 662. The molecule has 21 heavy (non-hydrogen) atoms. The second kappa shape index (κ2) is 7.19. The van der Waals surface area contributed by atoms with Gasteiger partial charge in [-0.2, -0.15) is 4.31 Å². The topological polar surface area (TPSA) is 83.6 Å². The van der Waals surface area contributed by atoms with Crippen molar-refractivity contribution in [1.82, 2.24) is 9.62 Å². The van der Waals surface area contributed by atoms with E-state index in [1.54, 1.807) is 11.4 Å². The van der Waals surface area contributed by atoms with Gasteiger partial charge in [-0.1, -0.05) is 13.8 Å². The highest BCUT2D eigenvalue weighted by Crippen LogP contribution is 2.22. The van der Waals surface area contributed by atoms with Gasteiger partial charge in [0.25, 0.3) is 0 Å². The predicted octanol–water partition coefficient (Wildman–Crippen LogP) is 0.911. The highest BCUT2D eigenvalue weighted by Gasteiger charge is 2.23. The van der Waals surface area contributed by atoms with Crippen LogP contribution >= 0.6 is 11.3 Å². The van der Waals surface area contributed by atoms with E-state index in [1.807, 2.05) is 13.8 Å². The lowest BCUT2D eigenvalue weighted by Crippen LogP contribution is -2.31. The maximum absolute atomic E-state index is 12.3. The number of sulfonamides is 1. The fraction of sp³-hybridized carbons (Fsp3) is 0.667. The van der Waals surface area contributed by atoms with Crippen LogP contribution in [0.2, 0.25) is 0 Å². The van der Waals surface area contributed by atoms with Gasteiger partial charge in [0.15, 0.2) is 0 Å². The summed E-state index contributed by atoms with van der Waals surface area (Å²) in [6.07, 6.45) is 1.09. The van der Waals surface area contributed by atoms with Crippen molar-refractivity contribution >= 4 is 31.2 Å². The van der Waals surface area contributed by atoms with E-state index in [0.29, 0.717) is 12.6 Å². The Morgan fingerprint density at radius 2 is 1.90 bits per heavy atom. The first-order valence-corrected chi connectivity index (χ1v) is 10.9. The average molecular weight is 355 g/mol. The van der Waals surface area contributed by atoms with Crippen LogP contribution in [-0.2, 0) is 26.4 Å². The standard InChI is InChI=1S/C12H22N2O4S3/c1-10(2)13-8-11-7-12(9-19-11)21(17,18)14(3)5-6-20(4,15)16/h7,9-10,13H,5-6,8H2,1-4H3. The quantitative estimate of drug-likeness (QED) is 0.750. The molecule has 1 aromatic rings. The summed E-state index contributed by atoms with van der Waals surface area (Å²) in [6.45, 7) is 4.61. The van der Waals surface area contributed by atoms with E-state index in [2.05, 4.69) is 5.32 Å². The van der Waals surface area contributed by atoms with Crippen molar-refractivity contribution in [2.75, 3.05) is 25.6 Å². The molecule has 6 nitrogen and oxygen atoms in total. The van der Waals surface area contributed by atoms with E-state index in [0.717, 1.165) is 15.4 Å². The molecule has 122 valence electrons. The maximum atomic E-state index is 12.3. The third-order valence-corrected chi connectivity index (χ3v) is 6.64. The van der Waals surface area contributed by atoms with Crippen molar-refractivity contribution in [3.8, 4) is 0 Å². The molecule has 0 unspecified atom stereocenters. The predicted molar refractivity (Wildman–Crippen MR) is 85.8 cm³/mol. The van der Waals surface area contributed by atoms with Crippen LogP contribution in [0.4, 0.5) is 0 Å². The number of rotatable bonds is 8. The Kier molecular flexibility index (Phi) is 6.36. The minimum Gasteiger partial charge on any atom is -0.310 e. The van der Waals surface area contributed by atoms with Crippen molar-refractivity contribution in [2.24, 2.45) is 0 Å². The van der Waals surface area contributed by atoms with Gasteiger partial charge in [0.2, 0.25) is 10.0 Å². The summed E-state index contributed by atoms with van der Waals surface area (Å²) in [6, 6.07) is 1.95. The molecule has 0 saturated heterocycles. The highest BCUT2D eigenvalue weighted by atomic mass is 32.2. The molecule has 1 rings (SSSR count). The highest BCUT2D eigenvalue weighted by molar-refractivity contribution is 7.91. The summed E-state index contributed by atoms with van der Waals surface area (Å²) in [7, 11) is -5.42. The molecule has 0 amide bonds. The van der Waals surface area contributed by atoms with Crippen molar-refractivity contribution < 1.29 is 16.8 Å². The van der Waals surface area contributed by atoms with Crippen molar-refractivity contribution in [3.05, 3.63) is 16.3 Å². The van der Waals surface area contributed by atoms with Gasteiger partial charge < -0.3 is 5.32 Å². The molecule has 1 aromatic heterocycles. The van der Waals surface area contributed by atoms with Crippen LogP contribution in [-0.4, -0.2) is 52.8 Å². The molecule has 0 aromatic carbocycles. The van der Waals surface area contributed by atoms with E-state index >= 15 is 0 Å². The van der Waals surface area contributed by atoms with Gasteiger partial charge in [-0.25, -0.2) is 16.8 Å². The number of hydrogen-bond acceptors (Lipinski definition) is 6. The molecule has 0 atom stereocenters. The van der Waals surface area contributed by atoms with Crippen LogP contribution in [0.3, 0.4) is 0 Å². The summed E-state index contributed by atoms with van der Waals surface area (Å²) in [5.74, 6) is -0.186. The van der Waals surface area contributed by atoms with E-state index in [1.165, 1.54) is 18.4 Å². The molecule has 0 aliphatic carbocycles. The lowest BCUT2D eigenvalue weighted by Gasteiger charge is -2.15. The first kappa shape index (κ1) is 18.6. The summed E-state index contributed by atoms with van der Waals surface area (Å²) < 4.78 is 48.0. The van der Waals surface area contributed by atoms with Gasteiger partial charge in [0.05, 0.1) is 10.6 Å². The van der Waals surface area contributed by atoms with Crippen molar-refractivity contribution in [2.45, 2.75) is 31.3 Å². The number of nitrogens with zero attached hydrogens (tertiary/aromatic N) is 1. The van der Waals surface area contributed by atoms with Gasteiger partial charge in [-0.15, -0.1) is 11.3 Å². The maximum Gasteiger partial charge on any atom is 0.243 e. The molecule has 0 spiro atoms. The Balaban J connectivity index is 2.78. The molecular weight excluding hydrogens is 332 g/mol. The third kappa shape index (κ3) is 6.03. The van der Waals surface area contributed by atoms with Crippen LogP contribution in [0.15, 0.2) is 16.3 Å². The van der Waals surface area contributed by atoms with Crippen molar-refractivity contribution in [1.29, 1.82) is 0 Å². The monoisotopic (exact) mass is 354 g/mol. The zero-order valence-corrected chi connectivity index (χ0v) is 15.1. The van der Waals surface area contributed by atoms with Crippen LogP contribution in [0.1, 0.15) is 18.7 Å². The lowest BCUT2D eigenvalue weighted by atomic mass is 10.4. The van der Waals surface area contributed by atoms with E-state index in [9.17, 15) is 16.8 Å².